The zero-order valence-electron chi connectivity index (χ0n) is 20.4. The molecule has 1 unspecified atom stereocenters. The number of nitrogens with zero attached hydrogens (tertiary/aromatic N) is 2. The van der Waals surface area contributed by atoms with E-state index in [4.69, 9.17) is 21.1 Å². The van der Waals surface area contributed by atoms with Crippen LogP contribution in [0.15, 0.2) is 60.8 Å². The van der Waals surface area contributed by atoms with E-state index in [0.717, 1.165) is 24.8 Å². The van der Waals surface area contributed by atoms with Gasteiger partial charge in [0, 0.05) is 31.3 Å². The number of hydrogen-bond acceptors (Lipinski definition) is 6. The lowest BCUT2D eigenvalue weighted by Gasteiger charge is -2.23. The van der Waals surface area contributed by atoms with Gasteiger partial charge in [0.2, 0.25) is 0 Å². The molecular formula is C28H27ClFN3O4. The molecular weight excluding hydrogens is 497 g/mol. The normalized spacial score (nSPS) is 17.8. The van der Waals surface area contributed by atoms with Crippen molar-refractivity contribution >= 4 is 29.3 Å². The number of aromatic nitrogens is 1. The maximum Gasteiger partial charge on any atom is 0.337 e. The monoisotopic (exact) mass is 523 g/mol. The minimum Gasteiger partial charge on any atom is -0.493 e. The maximum atomic E-state index is 13.5. The highest BCUT2D eigenvalue weighted by atomic mass is 35.5. The Morgan fingerprint density at radius 1 is 1.19 bits per heavy atom. The summed E-state index contributed by atoms with van der Waals surface area (Å²) in [4.78, 5) is 31.8. The molecule has 0 bridgehead atoms. The molecule has 1 saturated heterocycles. The third kappa shape index (κ3) is 5.54. The zero-order chi connectivity index (χ0) is 26.0. The van der Waals surface area contributed by atoms with E-state index in [1.807, 2.05) is 12.1 Å². The Balaban J connectivity index is 1.27. The van der Waals surface area contributed by atoms with Crippen LogP contribution in [0.3, 0.4) is 0 Å². The highest BCUT2D eigenvalue weighted by Crippen LogP contribution is 2.46. The Morgan fingerprint density at radius 2 is 1.97 bits per heavy atom. The number of nitrogens with one attached hydrogen (secondary N) is 1. The number of hydrogen-bond donors (Lipinski definition) is 1. The Kier molecular flexibility index (Phi) is 7.02. The molecule has 192 valence electrons. The van der Waals surface area contributed by atoms with Crippen molar-refractivity contribution in [2.45, 2.75) is 24.8 Å². The molecule has 2 aromatic carbocycles. The van der Waals surface area contributed by atoms with Crippen molar-refractivity contribution in [1.29, 1.82) is 0 Å². The average Bonchev–Trinajstić information content (AvgIpc) is 3.53. The molecule has 2 heterocycles. The van der Waals surface area contributed by atoms with E-state index in [-0.39, 0.29) is 17.6 Å². The fourth-order valence-electron chi connectivity index (χ4n) is 4.72. The SMILES string of the molecule is COC(=O)c1ccc(C2(NC(=O)c3cc(Cl)cnc3N3CCC(COc4cccc(F)c4)C3)CC2)cc1. The van der Waals surface area contributed by atoms with E-state index >= 15 is 0 Å². The number of anilines is 1. The minimum atomic E-state index is -0.488. The molecule has 1 atom stereocenters. The minimum absolute atomic E-state index is 0.208. The van der Waals surface area contributed by atoms with Gasteiger partial charge in [0.05, 0.1) is 35.4 Å². The van der Waals surface area contributed by atoms with E-state index in [0.29, 0.717) is 47.4 Å². The lowest BCUT2D eigenvalue weighted by molar-refractivity contribution is 0.0600. The summed E-state index contributed by atoms with van der Waals surface area (Å²) in [5, 5.41) is 3.56. The number of halogens is 2. The van der Waals surface area contributed by atoms with Crippen LogP contribution in [0.1, 0.15) is 45.5 Å². The molecule has 1 N–H and O–H groups in total. The van der Waals surface area contributed by atoms with Gasteiger partial charge in [0.1, 0.15) is 17.4 Å². The quantitative estimate of drug-likeness (QED) is 0.419. The molecule has 7 nitrogen and oxygen atoms in total. The van der Waals surface area contributed by atoms with Crippen LogP contribution in [-0.4, -0.2) is 43.7 Å². The number of ether oxygens (including phenoxy) is 2. The summed E-state index contributed by atoms with van der Waals surface area (Å²) >= 11 is 6.24. The Morgan fingerprint density at radius 3 is 2.68 bits per heavy atom. The van der Waals surface area contributed by atoms with Crippen molar-refractivity contribution in [1.82, 2.24) is 10.3 Å². The summed E-state index contributed by atoms with van der Waals surface area (Å²) in [6, 6.07) is 14.8. The standard InChI is InChI=1S/C28H27ClFN3O4/c1-36-27(35)19-5-7-20(8-6-19)28(10-11-28)32-26(34)24-13-21(29)15-31-25(24)33-12-9-18(16-33)17-37-23-4-2-3-22(30)14-23/h2-8,13-15,18H,9-12,16-17H2,1H3,(H,32,34). The van der Waals surface area contributed by atoms with Gasteiger partial charge in [-0.15, -0.1) is 0 Å². The summed E-state index contributed by atoms with van der Waals surface area (Å²) in [5.41, 5.74) is 1.31. The van der Waals surface area contributed by atoms with Crippen LogP contribution in [-0.2, 0) is 10.3 Å². The van der Waals surface area contributed by atoms with Crippen LogP contribution in [0.5, 0.6) is 5.75 Å². The molecule has 0 radical (unpaired) electrons. The van der Waals surface area contributed by atoms with Crippen LogP contribution in [0, 0.1) is 11.7 Å². The fraction of sp³-hybridized carbons (Fsp3) is 0.321. The van der Waals surface area contributed by atoms with Gasteiger partial charge in [-0.2, -0.15) is 0 Å². The Labute approximate surface area is 219 Å². The zero-order valence-corrected chi connectivity index (χ0v) is 21.1. The first kappa shape index (κ1) is 25.0. The van der Waals surface area contributed by atoms with E-state index < -0.39 is 11.5 Å². The highest BCUT2D eigenvalue weighted by molar-refractivity contribution is 6.31. The van der Waals surface area contributed by atoms with Crippen molar-refractivity contribution in [2.75, 3.05) is 31.7 Å². The molecule has 0 spiro atoms. The largest absolute Gasteiger partial charge is 0.493 e. The third-order valence-electron chi connectivity index (χ3n) is 6.91. The highest BCUT2D eigenvalue weighted by Gasteiger charge is 2.46. The van der Waals surface area contributed by atoms with Crippen LogP contribution >= 0.6 is 11.6 Å². The Bertz CT molecular complexity index is 1310. The summed E-state index contributed by atoms with van der Waals surface area (Å²) in [5.74, 6) is 0.294. The number of rotatable bonds is 8. The molecule has 1 amide bonds. The van der Waals surface area contributed by atoms with Gasteiger partial charge >= 0.3 is 5.97 Å². The molecule has 1 aromatic heterocycles. The lowest BCUT2D eigenvalue weighted by atomic mass is 10.0. The topological polar surface area (TPSA) is 80.8 Å². The first-order valence-electron chi connectivity index (χ1n) is 12.2. The van der Waals surface area contributed by atoms with Gasteiger partial charge in [-0.3, -0.25) is 4.79 Å². The Hall–Kier alpha value is -3.65. The van der Waals surface area contributed by atoms with Gasteiger partial charge in [-0.05, 0) is 55.2 Å². The first-order valence-corrected chi connectivity index (χ1v) is 12.5. The van der Waals surface area contributed by atoms with Gasteiger partial charge in [0.25, 0.3) is 5.91 Å². The van der Waals surface area contributed by atoms with Crippen molar-refractivity contribution in [3.63, 3.8) is 0 Å². The molecule has 2 aliphatic rings. The summed E-state index contributed by atoms with van der Waals surface area (Å²) in [6.45, 7) is 1.82. The molecule has 9 heteroatoms. The van der Waals surface area contributed by atoms with E-state index in [2.05, 4.69) is 15.2 Å². The number of carbonyl (C=O) groups excluding carboxylic acids is 2. The van der Waals surface area contributed by atoms with E-state index in [9.17, 15) is 14.0 Å². The molecule has 1 saturated carbocycles. The van der Waals surface area contributed by atoms with Gasteiger partial charge < -0.3 is 19.7 Å². The van der Waals surface area contributed by atoms with Gasteiger partial charge in [0.15, 0.2) is 0 Å². The maximum absolute atomic E-state index is 13.5. The van der Waals surface area contributed by atoms with Crippen molar-refractivity contribution in [3.05, 3.63) is 88.3 Å². The molecule has 37 heavy (non-hydrogen) atoms. The van der Waals surface area contributed by atoms with Crippen molar-refractivity contribution < 1.29 is 23.5 Å². The first-order chi connectivity index (χ1) is 17.9. The number of methoxy groups -OCH3 is 1. The average molecular weight is 524 g/mol. The van der Waals surface area contributed by atoms with Crippen LogP contribution in [0.25, 0.3) is 0 Å². The molecule has 3 aromatic rings. The van der Waals surface area contributed by atoms with Crippen LogP contribution in [0.2, 0.25) is 5.02 Å². The van der Waals surface area contributed by atoms with Crippen molar-refractivity contribution in [2.24, 2.45) is 5.92 Å². The summed E-state index contributed by atoms with van der Waals surface area (Å²) < 4.78 is 24.0. The van der Waals surface area contributed by atoms with Crippen LogP contribution < -0.4 is 15.0 Å². The number of carbonyl (C=O) groups is 2. The molecule has 1 aliphatic carbocycles. The van der Waals surface area contributed by atoms with Crippen LogP contribution in [0.4, 0.5) is 10.2 Å². The number of pyridine rings is 1. The smallest absolute Gasteiger partial charge is 0.337 e. The van der Waals surface area contributed by atoms with Gasteiger partial charge in [-0.1, -0.05) is 29.8 Å². The summed E-state index contributed by atoms with van der Waals surface area (Å²) in [7, 11) is 1.34. The van der Waals surface area contributed by atoms with E-state index in [1.54, 1.807) is 36.5 Å². The van der Waals surface area contributed by atoms with Crippen molar-refractivity contribution in [3.8, 4) is 5.75 Å². The second-order valence-corrected chi connectivity index (χ2v) is 9.94. The van der Waals surface area contributed by atoms with Gasteiger partial charge in [-0.25, -0.2) is 14.2 Å². The molecule has 1 aliphatic heterocycles. The molecule has 5 rings (SSSR count). The third-order valence-corrected chi connectivity index (χ3v) is 7.11. The fourth-order valence-corrected chi connectivity index (χ4v) is 4.88. The number of esters is 1. The van der Waals surface area contributed by atoms with E-state index in [1.165, 1.54) is 19.2 Å². The number of amides is 1. The summed E-state index contributed by atoms with van der Waals surface area (Å²) in [6.07, 6.45) is 3.99. The lowest BCUT2D eigenvalue weighted by Crippen LogP contribution is -2.36. The predicted octanol–water partition coefficient (Wildman–Crippen LogP) is 4.99. The second-order valence-electron chi connectivity index (χ2n) is 9.50. The number of benzene rings is 2. The predicted molar refractivity (Wildman–Crippen MR) is 138 cm³/mol. The second kappa shape index (κ2) is 10.4. The molecule has 2 fully saturated rings.